The monoisotopic (exact) mass is 428 g/mol. The molecule has 0 saturated carbocycles. The van der Waals surface area contributed by atoms with Gasteiger partial charge in [0.1, 0.15) is 24.4 Å². The van der Waals surface area contributed by atoms with Crippen LogP contribution in [0.2, 0.25) is 0 Å². The van der Waals surface area contributed by atoms with Crippen molar-refractivity contribution in [3.63, 3.8) is 0 Å². The van der Waals surface area contributed by atoms with Crippen LogP contribution in [0.3, 0.4) is 0 Å². The summed E-state index contributed by atoms with van der Waals surface area (Å²) in [5.41, 5.74) is 0. The first-order valence-electron chi connectivity index (χ1n) is 12.6. The standard InChI is InChI=1S/C25H48O5/c1-2-3-4-5-6-7-8-9-10-11-12-13-14-15-16-17-18-19-29-25-23(20-26)30-21-22(27)24(25)28/h13-14,22-28H,2-12,15-21H2,1H3/b14-13+/t22-,23+,24+,25+/m1/s1. The van der Waals surface area contributed by atoms with Crippen molar-refractivity contribution in [1.29, 1.82) is 0 Å². The lowest BCUT2D eigenvalue weighted by atomic mass is 10.0. The molecule has 3 N–H and O–H groups in total. The van der Waals surface area contributed by atoms with Crippen molar-refractivity contribution >= 4 is 0 Å². The highest BCUT2D eigenvalue weighted by atomic mass is 16.6. The zero-order chi connectivity index (χ0) is 21.9. The van der Waals surface area contributed by atoms with Crippen LogP contribution < -0.4 is 0 Å². The molecule has 1 aliphatic rings. The van der Waals surface area contributed by atoms with Crippen LogP contribution in [-0.4, -0.2) is 59.6 Å². The molecule has 0 aliphatic carbocycles. The summed E-state index contributed by atoms with van der Waals surface area (Å²) in [5, 5.41) is 29.0. The van der Waals surface area contributed by atoms with Gasteiger partial charge < -0.3 is 24.8 Å². The van der Waals surface area contributed by atoms with Gasteiger partial charge in [0.2, 0.25) is 0 Å². The van der Waals surface area contributed by atoms with E-state index in [2.05, 4.69) is 19.1 Å². The molecule has 1 aliphatic heterocycles. The molecule has 0 aromatic carbocycles. The van der Waals surface area contributed by atoms with Gasteiger partial charge in [-0.2, -0.15) is 0 Å². The van der Waals surface area contributed by atoms with E-state index in [0.29, 0.717) is 6.61 Å². The number of rotatable bonds is 19. The lowest BCUT2D eigenvalue weighted by Gasteiger charge is -2.37. The summed E-state index contributed by atoms with van der Waals surface area (Å²) < 4.78 is 11.0. The highest BCUT2D eigenvalue weighted by Gasteiger charge is 2.39. The van der Waals surface area contributed by atoms with Crippen molar-refractivity contribution in [3.8, 4) is 0 Å². The topological polar surface area (TPSA) is 79.2 Å². The molecule has 0 amide bonds. The molecule has 178 valence electrons. The molecule has 0 aromatic heterocycles. The molecule has 1 saturated heterocycles. The smallest absolute Gasteiger partial charge is 0.114 e. The van der Waals surface area contributed by atoms with Gasteiger partial charge in [-0.15, -0.1) is 0 Å². The fourth-order valence-electron chi connectivity index (χ4n) is 3.96. The minimum absolute atomic E-state index is 0.0394. The Labute approximate surface area is 184 Å². The maximum atomic E-state index is 10.0. The largest absolute Gasteiger partial charge is 0.394 e. The predicted octanol–water partition coefficient (Wildman–Crippen LogP) is 4.91. The minimum atomic E-state index is -0.996. The Morgan fingerprint density at radius 3 is 1.90 bits per heavy atom. The predicted molar refractivity (Wildman–Crippen MR) is 123 cm³/mol. The van der Waals surface area contributed by atoms with Gasteiger partial charge in [-0.1, -0.05) is 83.3 Å². The summed E-state index contributed by atoms with van der Waals surface area (Å²) in [6.07, 6.45) is 20.7. The Bertz CT molecular complexity index is 399. The maximum Gasteiger partial charge on any atom is 0.114 e. The van der Waals surface area contributed by atoms with Crippen molar-refractivity contribution in [3.05, 3.63) is 12.2 Å². The van der Waals surface area contributed by atoms with E-state index in [1.807, 2.05) is 0 Å². The highest BCUT2D eigenvalue weighted by molar-refractivity contribution is 4.87. The van der Waals surface area contributed by atoms with Gasteiger partial charge in [0.05, 0.1) is 13.2 Å². The van der Waals surface area contributed by atoms with E-state index in [1.54, 1.807) is 0 Å². The second kappa shape index (κ2) is 19.2. The number of unbranched alkanes of at least 4 members (excludes halogenated alkanes) is 13. The van der Waals surface area contributed by atoms with E-state index in [1.165, 1.54) is 70.6 Å². The molecule has 0 bridgehead atoms. The lowest BCUT2D eigenvalue weighted by Crippen LogP contribution is -2.55. The van der Waals surface area contributed by atoms with Crippen molar-refractivity contribution in [1.82, 2.24) is 0 Å². The third kappa shape index (κ3) is 13.1. The summed E-state index contributed by atoms with van der Waals surface area (Å²) in [6, 6.07) is 0. The Hall–Kier alpha value is -0.460. The Kier molecular flexibility index (Phi) is 17.7. The van der Waals surface area contributed by atoms with Gasteiger partial charge in [0, 0.05) is 6.61 Å². The molecule has 5 heteroatoms. The lowest BCUT2D eigenvalue weighted by molar-refractivity contribution is -0.211. The third-order valence-corrected chi connectivity index (χ3v) is 5.97. The number of aliphatic hydroxyl groups excluding tert-OH is 3. The summed E-state index contributed by atoms with van der Waals surface area (Å²) in [5.74, 6) is 0. The Morgan fingerprint density at radius 1 is 0.800 bits per heavy atom. The summed E-state index contributed by atoms with van der Waals surface area (Å²) in [6.45, 7) is 2.61. The quantitative estimate of drug-likeness (QED) is 0.201. The van der Waals surface area contributed by atoms with Gasteiger partial charge in [0.15, 0.2) is 0 Å². The molecule has 0 aromatic rings. The first-order valence-corrected chi connectivity index (χ1v) is 12.6. The average Bonchev–Trinajstić information content (AvgIpc) is 2.75. The second-order valence-electron chi connectivity index (χ2n) is 8.74. The number of hydrogen-bond donors (Lipinski definition) is 3. The molecule has 0 radical (unpaired) electrons. The van der Waals surface area contributed by atoms with E-state index in [4.69, 9.17) is 9.47 Å². The molecule has 4 atom stereocenters. The molecular formula is C25H48O5. The minimum Gasteiger partial charge on any atom is -0.394 e. The zero-order valence-electron chi connectivity index (χ0n) is 19.4. The van der Waals surface area contributed by atoms with E-state index < -0.39 is 24.4 Å². The molecular weight excluding hydrogens is 380 g/mol. The maximum absolute atomic E-state index is 10.0. The number of hydrogen-bond acceptors (Lipinski definition) is 5. The van der Waals surface area contributed by atoms with Gasteiger partial charge in [-0.05, 0) is 32.1 Å². The first-order chi connectivity index (χ1) is 14.7. The number of allylic oxidation sites excluding steroid dienone is 2. The zero-order valence-corrected chi connectivity index (χ0v) is 19.4. The van der Waals surface area contributed by atoms with Crippen molar-refractivity contribution in [2.45, 2.75) is 128 Å². The van der Waals surface area contributed by atoms with Crippen molar-refractivity contribution in [2.75, 3.05) is 19.8 Å². The molecule has 1 rings (SSSR count). The van der Waals surface area contributed by atoms with Gasteiger partial charge in [-0.25, -0.2) is 0 Å². The SMILES string of the molecule is CCCCCCCCCCCC/C=C/CCCCCO[C@@H]1[C@@H](O)[C@H](O)CO[C@H]1CO. The van der Waals surface area contributed by atoms with Gasteiger partial charge in [-0.3, -0.25) is 0 Å². The molecule has 0 spiro atoms. The molecule has 0 unspecified atom stereocenters. The normalized spacial score (nSPS) is 24.7. The molecule has 1 heterocycles. The van der Waals surface area contributed by atoms with Crippen LogP contribution in [0.5, 0.6) is 0 Å². The highest BCUT2D eigenvalue weighted by Crippen LogP contribution is 2.19. The van der Waals surface area contributed by atoms with Crippen LogP contribution in [0.15, 0.2) is 12.2 Å². The van der Waals surface area contributed by atoms with Gasteiger partial charge >= 0.3 is 0 Å². The summed E-state index contributed by atoms with van der Waals surface area (Å²) in [7, 11) is 0. The summed E-state index contributed by atoms with van der Waals surface area (Å²) >= 11 is 0. The second-order valence-corrected chi connectivity index (χ2v) is 8.74. The molecule has 1 fully saturated rings. The van der Waals surface area contributed by atoms with E-state index in [-0.39, 0.29) is 13.2 Å². The van der Waals surface area contributed by atoms with Crippen LogP contribution in [0.25, 0.3) is 0 Å². The third-order valence-electron chi connectivity index (χ3n) is 5.97. The Balaban J connectivity index is 1.87. The van der Waals surface area contributed by atoms with Crippen molar-refractivity contribution in [2.24, 2.45) is 0 Å². The molecule has 5 nitrogen and oxygen atoms in total. The van der Waals surface area contributed by atoms with E-state index in [0.717, 1.165) is 25.7 Å². The number of ether oxygens (including phenoxy) is 2. The van der Waals surface area contributed by atoms with Crippen LogP contribution in [0.1, 0.15) is 103 Å². The fraction of sp³-hybridized carbons (Fsp3) is 0.920. The Morgan fingerprint density at radius 2 is 1.33 bits per heavy atom. The van der Waals surface area contributed by atoms with Crippen LogP contribution in [-0.2, 0) is 9.47 Å². The van der Waals surface area contributed by atoms with Gasteiger partial charge in [0.25, 0.3) is 0 Å². The van der Waals surface area contributed by atoms with Crippen LogP contribution >= 0.6 is 0 Å². The van der Waals surface area contributed by atoms with Crippen LogP contribution in [0, 0.1) is 0 Å². The van der Waals surface area contributed by atoms with E-state index >= 15 is 0 Å². The fourth-order valence-corrected chi connectivity index (χ4v) is 3.96. The summed E-state index contributed by atoms with van der Waals surface area (Å²) in [4.78, 5) is 0. The average molecular weight is 429 g/mol. The first kappa shape index (κ1) is 27.6. The van der Waals surface area contributed by atoms with Crippen molar-refractivity contribution < 1.29 is 24.8 Å². The molecule has 30 heavy (non-hydrogen) atoms. The number of aliphatic hydroxyl groups is 3. The van der Waals surface area contributed by atoms with E-state index in [9.17, 15) is 15.3 Å². The van der Waals surface area contributed by atoms with Crippen LogP contribution in [0.4, 0.5) is 0 Å².